The smallest absolute Gasteiger partial charge is 0.0205 e. The molecule has 2 nitrogen and oxygen atoms in total. The molecule has 0 spiro atoms. The molecule has 0 aliphatic heterocycles. The Kier molecular flexibility index (Phi) is 11.3. The van der Waals surface area contributed by atoms with Crippen molar-refractivity contribution in [2.45, 2.75) is 77.3 Å². The highest BCUT2D eigenvalue weighted by atomic mass is 14.8. The molecule has 0 heterocycles. The number of benzene rings is 4. The maximum Gasteiger partial charge on any atom is 0.0205 e. The van der Waals surface area contributed by atoms with Gasteiger partial charge in [-0.2, -0.15) is 0 Å². The molecule has 4 aromatic carbocycles. The van der Waals surface area contributed by atoms with Crippen molar-refractivity contribution < 1.29 is 0 Å². The fraction of sp³-hybridized carbons (Fsp3) is 0.412. The van der Waals surface area contributed by atoms with Crippen molar-refractivity contribution >= 4 is 21.5 Å². The molecule has 0 saturated heterocycles. The first-order valence-corrected chi connectivity index (χ1v) is 14.3. The fourth-order valence-electron chi connectivity index (χ4n) is 5.08. The molecule has 0 fully saturated rings. The van der Waals surface area contributed by atoms with Gasteiger partial charge in [-0.15, -0.1) is 0 Å². The molecule has 0 radical (unpaired) electrons. The van der Waals surface area contributed by atoms with Gasteiger partial charge in [0.15, 0.2) is 0 Å². The molecule has 2 N–H and O–H groups in total. The van der Waals surface area contributed by atoms with Crippen LogP contribution in [-0.2, 0) is 13.1 Å². The van der Waals surface area contributed by atoms with Crippen LogP contribution in [0.4, 0.5) is 0 Å². The Morgan fingerprint density at radius 1 is 0.361 bits per heavy atom. The highest BCUT2D eigenvalue weighted by Crippen LogP contribution is 2.17. The number of rotatable bonds is 17. The predicted octanol–water partition coefficient (Wildman–Crippen LogP) is 8.77. The zero-order valence-corrected chi connectivity index (χ0v) is 22.0. The Morgan fingerprint density at radius 3 is 1.14 bits per heavy atom. The maximum absolute atomic E-state index is 3.62. The summed E-state index contributed by atoms with van der Waals surface area (Å²) in [7, 11) is 0. The summed E-state index contributed by atoms with van der Waals surface area (Å²) in [6, 6.07) is 30.8. The van der Waals surface area contributed by atoms with Gasteiger partial charge in [-0.3, -0.25) is 0 Å². The van der Waals surface area contributed by atoms with E-state index < -0.39 is 0 Å². The monoisotopic (exact) mass is 480 g/mol. The molecule has 4 aromatic rings. The SMILES string of the molecule is c1ccc2cc(CNCCCCCCCCCCCCNCc3ccc4ccccc4c3)ccc2c1. The van der Waals surface area contributed by atoms with Crippen LogP contribution < -0.4 is 10.6 Å². The quantitative estimate of drug-likeness (QED) is 0.148. The van der Waals surface area contributed by atoms with E-state index in [0.29, 0.717) is 0 Å². The van der Waals surface area contributed by atoms with Crippen LogP contribution in [0.5, 0.6) is 0 Å². The van der Waals surface area contributed by atoms with Crippen LogP contribution in [0.15, 0.2) is 84.9 Å². The highest BCUT2D eigenvalue weighted by molar-refractivity contribution is 5.83. The van der Waals surface area contributed by atoms with Crippen LogP contribution in [-0.4, -0.2) is 13.1 Å². The molecule has 0 aliphatic rings. The van der Waals surface area contributed by atoms with E-state index in [1.807, 2.05) is 0 Å². The molecular formula is C34H44N2. The van der Waals surface area contributed by atoms with Crippen molar-refractivity contribution in [3.63, 3.8) is 0 Å². The third-order valence-electron chi connectivity index (χ3n) is 7.24. The Hall–Kier alpha value is -2.68. The molecule has 0 aromatic heterocycles. The van der Waals surface area contributed by atoms with Crippen molar-refractivity contribution in [3.8, 4) is 0 Å². The lowest BCUT2D eigenvalue weighted by atomic mass is 10.1. The second-order valence-corrected chi connectivity index (χ2v) is 10.3. The molecule has 0 unspecified atom stereocenters. The number of nitrogens with one attached hydrogen (secondary N) is 2. The van der Waals surface area contributed by atoms with Gasteiger partial charge in [-0.05, 0) is 70.7 Å². The summed E-state index contributed by atoms with van der Waals surface area (Å²) in [5.74, 6) is 0. The Bertz CT molecular complexity index is 1070. The van der Waals surface area contributed by atoms with E-state index in [4.69, 9.17) is 0 Å². The summed E-state index contributed by atoms with van der Waals surface area (Å²) in [6.45, 7) is 4.21. The van der Waals surface area contributed by atoms with E-state index in [9.17, 15) is 0 Å². The van der Waals surface area contributed by atoms with E-state index in [-0.39, 0.29) is 0 Å². The standard InChI is InChI=1S/C34H44N2/c1(3-5-7-13-23-35-27-29-19-21-31-15-9-11-17-33(31)25-29)2-4-6-8-14-24-36-28-30-20-22-32-16-10-12-18-34(32)26-30/h9-12,15-22,25-26,35-36H,1-8,13-14,23-24,27-28H2. The molecule has 0 aliphatic carbocycles. The van der Waals surface area contributed by atoms with Crippen molar-refractivity contribution in [3.05, 3.63) is 96.1 Å². The minimum absolute atomic E-state index is 0.976. The van der Waals surface area contributed by atoms with Gasteiger partial charge in [-0.25, -0.2) is 0 Å². The summed E-state index contributed by atoms with van der Waals surface area (Å²) in [5, 5.41) is 12.6. The zero-order chi connectivity index (χ0) is 24.7. The Labute approximate surface area is 218 Å². The first-order chi connectivity index (χ1) is 17.9. The first-order valence-electron chi connectivity index (χ1n) is 14.3. The minimum atomic E-state index is 0.976. The molecule has 2 heteroatoms. The Balaban J connectivity index is 0.911. The van der Waals surface area contributed by atoms with E-state index in [1.54, 1.807) is 0 Å². The molecule has 0 atom stereocenters. The van der Waals surface area contributed by atoms with Gasteiger partial charge in [0, 0.05) is 13.1 Å². The van der Waals surface area contributed by atoms with Gasteiger partial charge in [0.1, 0.15) is 0 Å². The van der Waals surface area contributed by atoms with Gasteiger partial charge < -0.3 is 10.6 Å². The molecule has 0 amide bonds. The van der Waals surface area contributed by atoms with Crippen molar-refractivity contribution in [1.82, 2.24) is 10.6 Å². The second kappa shape index (κ2) is 15.4. The largest absolute Gasteiger partial charge is 0.313 e. The van der Waals surface area contributed by atoms with Crippen molar-refractivity contribution in [2.75, 3.05) is 13.1 Å². The lowest BCUT2D eigenvalue weighted by Crippen LogP contribution is -2.14. The fourth-order valence-corrected chi connectivity index (χ4v) is 5.08. The van der Waals surface area contributed by atoms with E-state index in [2.05, 4.69) is 95.6 Å². The van der Waals surface area contributed by atoms with Crippen LogP contribution in [0, 0.1) is 0 Å². The van der Waals surface area contributed by atoms with Crippen LogP contribution in [0.2, 0.25) is 0 Å². The summed E-state index contributed by atoms with van der Waals surface area (Å²) >= 11 is 0. The number of hydrogen-bond acceptors (Lipinski definition) is 2. The van der Waals surface area contributed by atoms with E-state index in [0.717, 1.165) is 26.2 Å². The molecule has 0 bridgehead atoms. The van der Waals surface area contributed by atoms with Gasteiger partial charge in [0.2, 0.25) is 0 Å². The van der Waals surface area contributed by atoms with Crippen LogP contribution in [0.3, 0.4) is 0 Å². The number of fused-ring (bicyclic) bond motifs is 2. The zero-order valence-electron chi connectivity index (χ0n) is 22.0. The van der Waals surface area contributed by atoms with Crippen molar-refractivity contribution in [2.24, 2.45) is 0 Å². The third kappa shape index (κ3) is 9.08. The lowest BCUT2D eigenvalue weighted by molar-refractivity contribution is 0.533. The molecular weight excluding hydrogens is 436 g/mol. The molecule has 36 heavy (non-hydrogen) atoms. The van der Waals surface area contributed by atoms with Crippen molar-refractivity contribution in [1.29, 1.82) is 0 Å². The first kappa shape index (κ1) is 26.4. The third-order valence-corrected chi connectivity index (χ3v) is 7.24. The molecule has 190 valence electrons. The van der Waals surface area contributed by atoms with Gasteiger partial charge in [-0.1, -0.05) is 124 Å². The van der Waals surface area contributed by atoms with Gasteiger partial charge in [0.05, 0.1) is 0 Å². The highest BCUT2D eigenvalue weighted by Gasteiger charge is 1.98. The predicted molar refractivity (Wildman–Crippen MR) is 157 cm³/mol. The summed E-state index contributed by atoms with van der Waals surface area (Å²) in [6.07, 6.45) is 13.7. The number of unbranched alkanes of at least 4 members (excludes halogenated alkanes) is 9. The van der Waals surface area contributed by atoms with Crippen LogP contribution in [0.1, 0.15) is 75.3 Å². The molecule has 4 rings (SSSR count). The van der Waals surface area contributed by atoms with E-state index in [1.165, 1.54) is 96.9 Å². The maximum atomic E-state index is 3.62. The summed E-state index contributed by atoms with van der Waals surface area (Å²) in [5.41, 5.74) is 2.77. The number of hydrogen-bond donors (Lipinski definition) is 2. The summed E-state index contributed by atoms with van der Waals surface area (Å²) in [4.78, 5) is 0. The average Bonchev–Trinajstić information content (AvgIpc) is 2.92. The molecule has 0 saturated carbocycles. The van der Waals surface area contributed by atoms with Crippen LogP contribution in [0.25, 0.3) is 21.5 Å². The van der Waals surface area contributed by atoms with Gasteiger partial charge >= 0.3 is 0 Å². The van der Waals surface area contributed by atoms with Gasteiger partial charge in [0.25, 0.3) is 0 Å². The summed E-state index contributed by atoms with van der Waals surface area (Å²) < 4.78 is 0. The Morgan fingerprint density at radius 2 is 0.722 bits per heavy atom. The lowest BCUT2D eigenvalue weighted by Gasteiger charge is -2.07. The second-order valence-electron chi connectivity index (χ2n) is 10.3. The minimum Gasteiger partial charge on any atom is -0.313 e. The van der Waals surface area contributed by atoms with Crippen LogP contribution >= 0.6 is 0 Å². The topological polar surface area (TPSA) is 24.1 Å². The average molecular weight is 481 g/mol. The van der Waals surface area contributed by atoms with E-state index >= 15 is 0 Å². The normalized spacial score (nSPS) is 11.4.